The minimum absolute atomic E-state index is 0.468. The van der Waals surface area contributed by atoms with Gasteiger partial charge in [-0.2, -0.15) is 4.98 Å². The molecule has 2 aromatic heterocycles. The second-order valence-electron chi connectivity index (χ2n) is 5.49. The molecule has 130 valence electrons. The average molecular weight is 384 g/mol. The third-order valence-corrected chi connectivity index (χ3v) is 4.83. The number of imidazole rings is 1. The molecule has 0 aliphatic carbocycles. The highest BCUT2D eigenvalue weighted by molar-refractivity contribution is 7.98. The van der Waals surface area contributed by atoms with Crippen LogP contribution < -0.4 is 5.84 Å². The van der Waals surface area contributed by atoms with Crippen molar-refractivity contribution < 1.29 is 4.52 Å². The second-order valence-corrected chi connectivity index (χ2v) is 6.87. The number of aromatic nitrogens is 4. The number of benzene rings is 2. The molecule has 0 saturated carbocycles. The van der Waals surface area contributed by atoms with Gasteiger partial charge in [-0.1, -0.05) is 71.0 Å². The molecule has 2 N–H and O–H groups in total. The normalized spacial score (nSPS) is 11.0. The van der Waals surface area contributed by atoms with Crippen molar-refractivity contribution in [1.82, 2.24) is 19.8 Å². The van der Waals surface area contributed by atoms with Crippen LogP contribution in [0.2, 0.25) is 5.02 Å². The van der Waals surface area contributed by atoms with Gasteiger partial charge < -0.3 is 10.4 Å². The summed E-state index contributed by atoms with van der Waals surface area (Å²) in [4.78, 5) is 8.96. The van der Waals surface area contributed by atoms with Crippen LogP contribution in [0.4, 0.5) is 0 Å². The van der Waals surface area contributed by atoms with Gasteiger partial charge in [0.2, 0.25) is 11.7 Å². The van der Waals surface area contributed by atoms with Gasteiger partial charge in [-0.15, -0.1) is 0 Å². The fraction of sp³-hybridized carbons (Fsp3) is 0.0556. The zero-order valence-electron chi connectivity index (χ0n) is 13.5. The first-order valence-electron chi connectivity index (χ1n) is 7.80. The molecule has 0 aliphatic heterocycles. The molecular weight excluding hydrogens is 370 g/mol. The standard InChI is InChI=1S/C18H14ClN5OS/c19-14-8-4-7-13(9-14)17-22-16(25-23-17)11-26-18-21-15(10-24(18)20)12-5-2-1-3-6-12/h1-10H,11,20H2. The predicted octanol–water partition coefficient (Wildman–Crippen LogP) is 4.26. The van der Waals surface area contributed by atoms with Gasteiger partial charge in [-0.25, -0.2) is 9.66 Å². The van der Waals surface area contributed by atoms with E-state index in [-0.39, 0.29) is 0 Å². The quantitative estimate of drug-likeness (QED) is 0.409. The summed E-state index contributed by atoms with van der Waals surface area (Å²) < 4.78 is 6.81. The number of rotatable bonds is 5. The van der Waals surface area contributed by atoms with Gasteiger partial charge in [-0.05, 0) is 12.1 Å². The zero-order valence-corrected chi connectivity index (χ0v) is 15.1. The molecule has 0 saturated heterocycles. The summed E-state index contributed by atoms with van der Waals surface area (Å²) in [5, 5.41) is 5.30. The van der Waals surface area contributed by atoms with Crippen molar-refractivity contribution in [1.29, 1.82) is 0 Å². The maximum absolute atomic E-state index is 6.01. The van der Waals surface area contributed by atoms with E-state index in [4.69, 9.17) is 22.0 Å². The van der Waals surface area contributed by atoms with E-state index in [1.54, 1.807) is 18.3 Å². The molecule has 0 amide bonds. The van der Waals surface area contributed by atoms with Crippen LogP contribution in [0.15, 0.2) is 70.5 Å². The molecule has 2 heterocycles. The van der Waals surface area contributed by atoms with Gasteiger partial charge in [0.05, 0.1) is 17.6 Å². The number of nitrogens with two attached hydrogens (primary N) is 1. The van der Waals surface area contributed by atoms with Crippen LogP contribution in [0.25, 0.3) is 22.6 Å². The minimum atomic E-state index is 0.468. The smallest absolute Gasteiger partial charge is 0.237 e. The van der Waals surface area contributed by atoms with E-state index in [2.05, 4.69) is 15.1 Å². The van der Waals surface area contributed by atoms with E-state index in [0.717, 1.165) is 16.8 Å². The molecule has 8 heteroatoms. The van der Waals surface area contributed by atoms with E-state index in [1.807, 2.05) is 42.5 Å². The van der Waals surface area contributed by atoms with E-state index in [1.165, 1.54) is 16.4 Å². The first-order valence-corrected chi connectivity index (χ1v) is 9.16. The highest BCUT2D eigenvalue weighted by atomic mass is 35.5. The summed E-state index contributed by atoms with van der Waals surface area (Å²) in [7, 11) is 0. The number of hydrogen-bond donors (Lipinski definition) is 1. The van der Waals surface area contributed by atoms with Crippen LogP contribution in [0, 0.1) is 0 Å². The van der Waals surface area contributed by atoms with Crippen molar-refractivity contribution in [3.63, 3.8) is 0 Å². The lowest BCUT2D eigenvalue weighted by Gasteiger charge is -1.97. The van der Waals surface area contributed by atoms with Gasteiger partial charge >= 0.3 is 0 Å². The van der Waals surface area contributed by atoms with Crippen LogP contribution in [0.1, 0.15) is 5.89 Å². The van der Waals surface area contributed by atoms with E-state index in [9.17, 15) is 0 Å². The Morgan fingerprint density at radius 2 is 1.85 bits per heavy atom. The number of nitrogens with zero attached hydrogens (tertiary/aromatic N) is 4. The summed E-state index contributed by atoms with van der Waals surface area (Å²) in [6.45, 7) is 0. The van der Waals surface area contributed by atoms with Gasteiger partial charge in [0.25, 0.3) is 0 Å². The second kappa shape index (κ2) is 7.23. The third-order valence-electron chi connectivity index (χ3n) is 3.64. The maximum atomic E-state index is 6.01. The molecular formula is C18H14ClN5OS. The van der Waals surface area contributed by atoms with Gasteiger partial charge in [0.15, 0.2) is 5.16 Å². The Hall–Kier alpha value is -2.77. The molecule has 0 atom stereocenters. The summed E-state index contributed by atoms with van der Waals surface area (Å²) in [6, 6.07) is 17.2. The van der Waals surface area contributed by atoms with Crippen molar-refractivity contribution in [3.05, 3.63) is 71.7 Å². The van der Waals surface area contributed by atoms with E-state index >= 15 is 0 Å². The molecule has 6 nitrogen and oxygen atoms in total. The number of hydrogen-bond acceptors (Lipinski definition) is 6. The fourth-order valence-electron chi connectivity index (χ4n) is 2.42. The van der Waals surface area contributed by atoms with Crippen LogP contribution in [-0.4, -0.2) is 19.8 Å². The molecule has 4 aromatic rings. The predicted molar refractivity (Wildman–Crippen MR) is 102 cm³/mol. The van der Waals surface area contributed by atoms with Crippen LogP contribution in [-0.2, 0) is 5.75 Å². The Bertz CT molecular complexity index is 1030. The Morgan fingerprint density at radius 1 is 1.04 bits per heavy atom. The summed E-state index contributed by atoms with van der Waals surface area (Å²) in [5.74, 6) is 7.47. The molecule has 0 spiro atoms. The lowest BCUT2D eigenvalue weighted by molar-refractivity contribution is 0.391. The Kier molecular flexibility index (Phi) is 4.64. The molecule has 2 aromatic carbocycles. The zero-order chi connectivity index (χ0) is 17.9. The lowest BCUT2D eigenvalue weighted by atomic mass is 10.2. The van der Waals surface area contributed by atoms with Crippen molar-refractivity contribution >= 4 is 23.4 Å². The highest BCUT2D eigenvalue weighted by Gasteiger charge is 2.13. The van der Waals surface area contributed by atoms with E-state index in [0.29, 0.717) is 27.6 Å². The summed E-state index contributed by atoms with van der Waals surface area (Å²) >= 11 is 7.43. The van der Waals surface area contributed by atoms with Crippen molar-refractivity contribution in [3.8, 4) is 22.6 Å². The number of halogens is 1. The Balaban J connectivity index is 1.47. The van der Waals surface area contributed by atoms with Gasteiger partial charge in [0.1, 0.15) is 0 Å². The fourth-order valence-corrected chi connectivity index (χ4v) is 3.34. The molecule has 0 fully saturated rings. The minimum Gasteiger partial charge on any atom is -0.338 e. The largest absolute Gasteiger partial charge is 0.338 e. The van der Waals surface area contributed by atoms with Crippen molar-refractivity contribution in [2.75, 3.05) is 5.84 Å². The molecule has 0 radical (unpaired) electrons. The van der Waals surface area contributed by atoms with Crippen LogP contribution in [0.5, 0.6) is 0 Å². The highest BCUT2D eigenvalue weighted by Crippen LogP contribution is 2.26. The average Bonchev–Trinajstić information content (AvgIpc) is 3.27. The third kappa shape index (κ3) is 3.58. The molecule has 0 aliphatic rings. The first-order chi connectivity index (χ1) is 12.7. The molecule has 26 heavy (non-hydrogen) atoms. The van der Waals surface area contributed by atoms with Crippen molar-refractivity contribution in [2.45, 2.75) is 10.9 Å². The lowest BCUT2D eigenvalue weighted by Crippen LogP contribution is -2.07. The molecule has 0 bridgehead atoms. The molecule has 0 unspecified atom stereocenters. The van der Waals surface area contributed by atoms with Gasteiger partial charge in [-0.3, -0.25) is 0 Å². The summed E-state index contributed by atoms with van der Waals surface area (Å²) in [6.07, 6.45) is 1.79. The molecule has 4 rings (SSSR count). The monoisotopic (exact) mass is 383 g/mol. The van der Waals surface area contributed by atoms with Gasteiger partial charge in [0, 0.05) is 16.1 Å². The summed E-state index contributed by atoms with van der Waals surface area (Å²) in [5.41, 5.74) is 2.64. The Labute approximate surface area is 159 Å². The van der Waals surface area contributed by atoms with Crippen LogP contribution in [0.3, 0.4) is 0 Å². The maximum Gasteiger partial charge on any atom is 0.237 e. The first kappa shape index (κ1) is 16.7. The van der Waals surface area contributed by atoms with E-state index < -0.39 is 0 Å². The topological polar surface area (TPSA) is 82.8 Å². The SMILES string of the molecule is Nn1cc(-c2ccccc2)nc1SCc1nc(-c2cccc(Cl)c2)no1. The number of nitrogen functional groups attached to an aromatic ring is 1. The van der Waals surface area contributed by atoms with Crippen molar-refractivity contribution in [2.24, 2.45) is 0 Å². The number of thioether (sulfide) groups is 1. The Morgan fingerprint density at radius 3 is 2.65 bits per heavy atom. The van der Waals surface area contributed by atoms with Crippen LogP contribution >= 0.6 is 23.4 Å².